The first kappa shape index (κ1) is 19.8. The summed E-state index contributed by atoms with van der Waals surface area (Å²) in [6.45, 7) is 4.32. The van der Waals surface area contributed by atoms with Crippen LogP contribution in [-0.2, 0) is 4.79 Å². The van der Waals surface area contributed by atoms with Crippen molar-refractivity contribution in [2.24, 2.45) is 11.8 Å². The minimum Gasteiger partial charge on any atom is -0.326 e. The van der Waals surface area contributed by atoms with Crippen molar-refractivity contribution < 1.29 is 4.79 Å². The maximum atomic E-state index is 12.5. The molecule has 2 N–H and O–H groups in total. The Balaban J connectivity index is 0.00000210. The molecule has 2 heterocycles. The van der Waals surface area contributed by atoms with Crippen molar-refractivity contribution in [2.45, 2.75) is 45.1 Å². The SMILES string of the molecule is CC(CC(=O)Nc1cccc(-c2nnnn2C2CC2)c1)C1CCNCC1.Cl. The molecule has 146 valence electrons. The number of tetrazole rings is 1. The normalized spacial score (nSPS) is 18.6. The van der Waals surface area contributed by atoms with Gasteiger partial charge in [0.2, 0.25) is 5.91 Å². The van der Waals surface area contributed by atoms with Crippen LogP contribution >= 0.6 is 12.4 Å². The fourth-order valence-electron chi connectivity index (χ4n) is 3.77. The lowest BCUT2D eigenvalue weighted by Gasteiger charge is -2.27. The van der Waals surface area contributed by atoms with Crippen molar-refractivity contribution in [3.63, 3.8) is 0 Å². The highest BCUT2D eigenvalue weighted by Gasteiger charge is 2.28. The van der Waals surface area contributed by atoms with Crippen LogP contribution in [0.2, 0.25) is 0 Å². The van der Waals surface area contributed by atoms with Gasteiger partial charge < -0.3 is 10.6 Å². The number of amides is 1. The summed E-state index contributed by atoms with van der Waals surface area (Å²) < 4.78 is 1.89. The molecule has 0 bridgehead atoms. The third-order valence-electron chi connectivity index (χ3n) is 5.49. The van der Waals surface area contributed by atoms with Crippen LogP contribution in [0.1, 0.15) is 45.1 Å². The van der Waals surface area contributed by atoms with E-state index in [0.717, 1.165) is 55.8 Å². The van der Waals surface area contributed by atoms with E-state index in [1.165, 1.54) is 0 Å². The number of nitrogens with zero attached hydrogens (tertiary/aromatic N) is 4. The van der Waals surface area contributed by atoms with Gasteiger partial charge in [0, 0.05) is 17.7 Å². The highest BCUT2D eigenvalue weighted by molar-refractivity contribution is 5.91. The second kappa shape index (κ2) is 8.80. The van der Waals surface area contributed by atoms with Crippen molar-refractivity contribution in [3.05, 3.63) is 24.3 Å². The van der Waals surface area contributed by atoms with Crippen LogP contribution in [0.15, 0.2) is 24.3 Å². The molecular formula is C19H27ClN6O. The molecule has 0 spiro atoms. The van der Waals surface area contributed by atoms with E-state index in [2.05, 4.69) is 33.1 Å². The Morgan fingerprint density at radius 2 is 2.07 bits per heavy atom. The smallest absolute Gasteiger partial charge is 0.224 e. The number of carbonyl (C=O) groups is 1. The fourth-order valence-corrected chi connectivity index (χ4v) is 3.77. The zero-order valence-electron chi connectivity index (χ0n) is 15.6. The molecule has 1 saturated carbocycles. The van der Waals surface area contributed by atoms with E-state index in [0.29, 0.717) is 24.3 Å². The molecule has 1 unspecified atom stereocenters. The van der Waals surface area contributed by atoms with Gasteiger partial charge in [-0.25, -0.2) is 4.68 Å². The molecule has 4 rings (SSSR count). The number of rotatable bonds is 6. The Labute approximate surface area is 165 Å². The lowest BCUT2D eigenvalue weighted by Crippen LogP contribution is -2.32. The number of piperidine rings is 1. The van der Waals surface area contributed by atoms with Crippen molar-refractivity contribution in [1.82, 2.24) is 25.5 Å². The lowest BCUT2D eigenvalue weighted by molar-refractivity contribution is -0.117. The molecule has 1 aromatic heterocycles. The van der Waals surface area contributed by atoms with E-state index < -0.39 is 0 Å². The van der Waals surface area contributed by atoms with Gasteiger partial charge in [-0.2, -0.15) is 0 Å². The van der Waals surface area contributed by atoms with Crippen LogP contribution < -0.4 is 10.6 Å². The molecule has 8 heteroatoms. The minimum atomic E-state index is 0. The monoisotopic (exact) mass is 390 g/mol. The molecule has 2 fully saturated rings. The van der Waals surface area contributed by atoms with Crippen LogP contribution in [0, 0.1) is 11.8 Å². The van der Waals surface area contributed by atoms with Crippen LogP contribution in [-0.4, -0.2) is 39.2 Å². The quantitative estimate of drug-likeness (QED) is 0.791. The van der Waals surface area contributed by atoms with Crippen LogP contribution in [0.4, 0.5) is 5.69 Å². The number of hydrogen-bond donors (Lipinski definition) is 2. The number of hydrogen-bond acceptors (Lipinski definition) is 5. The third-order valence-corrected chi connectivity index (χ3v) is 5.49. The second-order valence-electron chi connectivity index (χ2n) is 7.58. The zero-order valence-corrected chi connectivity index (χ0v) is 16.4. The summed E-state index contributed by atoms with van der Waals surface area (Å²) in [5, 5.41) is 18.5. The molecule has 1 aliphatic heterocycles. The molecule has 2 aliphatic rings. The molecule has 1 atom stereocenters. The number of nitrogens with one attached hydrogen (secondary N) is 2. The maximum absolute atomic E-state index is 12.5. The summed E-state index contributed by atoms with van der Waals surface area (Å²) >= 11 is 0. The number of benzene rings is 1. The molecule has 1 aromatic carbocycles. The molecule has 27 heavy (non-hydrogen) atoms. The molecule has 0 radical (unpaired) electrons. The van der Waals surface area contributed by atoms with Gasteiger partial charge in [0.05, 0.1) is 6.04 Å². The van der Waals surface area contributed by atoms with Gasteiger partial charge in [-0.1, -0.05) is 19.1 Å². The summed E-state index contributed by atoms with van der Waals surface area (Å²) in [7, 11) is 0. The first-order chi connectivity index (χ1) is 12.7. The Bertz CT molecular complexity index is 769. The predicted octanol–water partition coefficient (Wildman–Crippen LogP) is 3.06. The van der Waals surface area contributed by atoms with Crippen molar-refractivity contribution in [3.8, 4) is 11.4 Å². The number of carbonyl (C=O) groups excluding carboxylic acids is 1. The van der Waals surface area contributed by atoms with Crippen molar-refractivity contribution in [2.75, 3.05) is 18.4 Å². The predicted molar refractivity (Wildman–Crippen MR) is 107 cm³/mol. The summed E-state index contributed by atoms with van der Waals surface area (Å²) in [5.41, 5.74) is 1.74. The summed E-state index contributed by atoms with van der Waals surface area (Å²) in [4.78, 5) is 12.5. The van der Waals surface area contributed by atoms with E-state index in [1.54, 1.807) is 0 Å². The van der Waals surface area contributed by atoms with Gasteiger partial charge >= 0.3 is 0 Å². The van der Waals surface area contributed by atoms with E-state index >= 15 is 0 Å². The largest absolute Gasteiger partial charge is 0.326 e. The number of anilines is 1. The number of aromatic nitrogens is 4. The molecule has 1 saturated heterocycles. The van der Waals surface area contributed by atoms with Gasteiger partial charge in [-0.3, -0.25) is 4.79 Å². The molecule has 2 aromatic rings. The van der Waals surface area contributed by atoms with Crippen LogP contribution in [0.3, 0.4) is 0 Å². The van der Waals surface area contributed by atoms with Crippen LogP contribution in [0.5, 0.6) is 0 Å². The Morgan fingerprint density at radius 3 is 2.81 bits per heavy atom. The van der Waals surface area contributed by atoms with E-state index in [1.807, 2.05) is 28.9 Å². The van der Waals surface area contributed by atoms with Crippen molar-refractivity contribution in [1.29, 1.82) is 0 Å². The average Bonchev–Trinajstić information content (AvgIpc) is 3.39. The molecule has 1 amide bonds. The van der Waals surface area contributed by atoms with Gasteiger partial charge in [0.15, 0.2) is 5.82 Å². The van der Waals surface area contributed by atoms with Crippen LogP contribution in [0.25, 0.3) is 11.4 Å². The van der Waals surface area contributed by atoms with Gasteiger partial charge in [-0.15, -0.1) is 17.5 Å². The highest BCUT2D eigenvalue weighted by atomic mass is 35.5. The molecular weight excluding hydrogens is 364 g/mol. The lowest BCUT2D eigenvalue weighted by atomic mass is 9.84. The molecule has 7 nitrogen and oxygen atoms in total. The van der Waals surface area contributed by atoms with E-state index in [-0.39, 0.29) is 18.3 Å². The summed E-state index contributed by atoms with van der Waals surface area (Å²) in [6.07, 6.45) is 5.14. The maximum Gasteiger partial charge on any atom is 0.224 e. The Hall–Kier alpha value is -1.99. The Morgan fingerprint density at radius 1 is 1.30 bits per heavy atom. The fraction of sp³-hybridized carbons (Fsp3) is 0.579. The second-order valence-corrected chi connectivity index (χ2v) is 7.58. The standard InChI is InChI=1S/C19H26N6O.ClH/c1-13(14-7-9-20-10-8-14)11-18(26)21-16-4-2-3-15(12-16)19-22-23-24-25(19)17-5-6-17;/h2-4,12-14,17,20H,5-11H2,1H3,(H,21,26);1H. The van der Waals surface area contributed by atoms with Gasteiger partial charge in [0.1, 0.15) is 0 Å². The molecule has 1 aliphatic carbocycles. The third kappa shape index (κ3) is 4.84. The van der Waals surface area contributed by atoms with Gasteiger partial charge in [-0.05, 0) is 73.2 Å². The first-order valence-electron chi connectivity index (χ1n) is 9.59. The highest BCUT2D eigenvalue weighted by Crippen LogP contribution is 2.36. The summed E-state index contributed by atoms with van der Waals surface area (Å²) in [6, 6.07) is 8.22. The number of halogens is 1. The Kier molecular flexibility index (Phi) is 6.44. The average molecular weight is 391 g/mol. The van der Waals surface area contributed by atoms with Gasteiger partial charge in [0.25, 0.3) is 0 Å². The minimum absolute atomic E-state index is 0. The first-order valence-corrected chi connectivity index (χ1v) is 9.59. The topological polar surface area (TPSA) is 84.7 Å². The van der Waals surface area contributed by atoms with E-state index in [4.69, 9.17) is 0 Å². The zero-order chi connectivity index (χ0) is 17.9. The van der Waals surface area contributed by atoms with Crippen molar-refractivity contribution >= 4 is 24.0 Å². The summed E-state index contributed by atoms with van der Waals surface area (Å²) in [5.74, 6) is 1.89. The van der Waals surface area contributed by atoms with E-state index in [9.17, 15) is 4.79 Å².